The zero-order chi connectivity index (χ0) is 34.5. The van der Waals surface area contributed by atoms with Crippen molar-refractivity contribution in [3.05, 3.63) is 169 Å². The highest BCUT2D eigenvalue weighted by Crippen LogP contribution is 2.42. The molecule has 0 unspecified atom stereocenters. The molecular formula is C48H36N2S. The number of hydrogen-bond donors (Lipinski definition) is 0. The number of nitrogens with zero attached hydrogens (tertiary/aromatic N) is 2. The summed E-state index contributed by atoms with van der Waals surface area (Å²) in [6.07, 6.45) is 2.02. The lowest BCUT2D eigenvalue weighted by Gasteiger charge is -2.20. The van der Waals surface area contributed by atoms with Crippen LogP contribution >= 0.6 is 11.3 Å². The highest BCUT2D eigenvalue weighted by Gasteiger charge is 2.20. The van der Waals surface area contributed by atoms with Gasteiger partial charge in [0.05, 0.1) is 15.9 Å². The molecule has 1 aromatic heterocycles. The third-order valence-corrected chi connectivity index (χ3v) is 11.0. The number of fused-ring (bicyclic) bond motifs is 5. The van der Waals surface area contributed by atoms with E-state index in [4.69, 9.17) is 9.98 Å². The van der Waals surface area contributed by atoms with E-state index in [0.29, 0.717) is 0 Å². The van der Waals surface area contributed by atoms with Gasteiger partial charge in [-0.05, 0) is 96.4 Å². The van der Waals surface area contributed by atoms with E-state index in [-0.39, 0.29) is 5.41 Å². The largest absolute Gasteiger partial charge is 0.256 e. The second-order valence-corrected chi connectivity index (χ2v) is 15.3. The van der Waals surface area contributed by atoms with Gasteiger partial charge >= 0.3 is 0 Å². The first-order chi connectivity index (χ1) is 24.9. The van der Waals surface area contributed by atoms with E-state index in [2.05, 4.69) is 178 Å². The van der Waals surface area contributed by atoms with Gasteiger partial charge in [0, 0.05) is 22.9 Å². The standard InChI is InChI=1S/C48H36N2S/c1-48(2,3)38-28-43(33-23-20-32(21-24-33)35-25-22-31-12-4-5-13-34(31)26-35)46-45(29-38)51-47(50-46)42-18-10-11-19-44(42)49-30-37-27-36-14-6-7-15-39(36)41-17-9-8-16-40(37)41/h4-30H,1-3H3. The Bertz CT molecular complexity index is 2780. The molecule has 0 aliphatic heterocycles. The Morgan fingerprint density at radius 3 is 1.98 bits per heavy atom. The van der Waals surface area contributed by atoms with Crippen molar-refractivity contribution in [1.29, 1.82) is 0 Å². The molecule has 244 valence electrons. The van der Waals surface area contributed by atoms with Crippen molar-refractivity contribution in [2.24, 2.45) is 4.99 Å². The SMILES string of the molecule is CC(C)(C)c1cc(-c2ccc(-c3ccc4ccccc4c3)cc2)c2nc(-c3ccccc3N=Cc3cc4ccccc4c4ccccc34)sc2c1. The fourth-order valence-electron chi connectivity index (χ4n) is 7.10. The summed E-state index contributed by atoms with van der Waals surface area (Å²) >= 11 is 1.75. The first-order valence-corrected chi connectivity index (χ1v) is 18.3. The zero-order valence-corrected chi connectivity index (χ0v) is 29.7. The van der Waals surface area contributed by atoms with E-state index in [1.807, 2.05) is 6.21 Å². The minimum Gasteiger partial charge on any atom is -0.256 e. The van der Waals surface area contributed by atoms with E-state index in [1.54, 1.807) is 11.3 Å². The van der Waals surface area contributed by atoms with Crippen molar-refractivity contribution in [1.82, 2.24) is 4.98 Å². The lowest BCUT2D eigenvalue weighted by Crippen LogP contribution is -2.11. The predicted octanol–water partition coefficient (Wildman–Crippen LogP) is 13.8. The van der Waals surface area contributed by atoms with Gasteiger partial charge in [0.15, 0.2) is 0 Å². The van der Waals surface area contributed by atoms with Crippen LogP contribution in [0.3, 0.4) is 0 Å². The molecule has 9 aromatic rings. The molecule has 0 aliphatic rings. The molecule has 0 atom stereocenters. The molecule has 0 fully saturated rings. The van der Waals surface area contributed by atoms with Crippen molar-refractivity contribution in [2.45, 2.75) is 26.2 Å². The quantitative estimate of drug-likeness (QED) is 0.132. The fourth-order valence-corrected chi connectivity index (χ4v) is 8.17. The van der Waals surface area contributed by atoms with Crippen LogP contribution in [-0.2, 0) is 5.41 Å². The molecule has 0 saturated carbocycles. The number of rotatable bonds is 5. The van der Waals surface area contributed by atoms with E-state index in [9.17, 15) is 0 Å². The molecule has 9 rings (SSSR count). The second-order valence-electron chi connectivity index (χ2n) is 14.3. The maximum Gasteiger partial charge on any atom is 0.126 e. The van der Waals surface area contributed by atoms with Crippen molar-refractivity contribution >= 4 is 65.8 Å². The highest BCUT2D eigenvalue weighted by molar-refractivity contribution is 7.21. The van der Waals surface area contributed by atoms with E-state index < -0.39 is 0 Å². The molecular weight excluding hydrogens is 637 g/mol. The number of para-hydroxylation sites is 1. The minimum absolute atomic E-state index is 0.0110. The molecule has 0 spiro atoms. The summed E-state index contributed by atoms with van der Waals surface area (Å²) in [6, 6.07) is 56.6. The summed E-state index contributed by atoms with van der Waals surface area (Å²) in [6.45, 7) is 6.84. The molecule has 51 heavy (non-hydrogen) atoms. The number of hydrogen-bond acceptors (Lipinski definition) is 3. The topological polar surface area (TPSA) is 25.2 Å². The second kappa shape index (κ2) is 12.5. The lowest BCUT2D eigenvalue weighted by atomic mass is 9.85. The molecule has 3 heteroatoms. The number of aliphatic imine (C=N–C) groups is 1. The monoisotopic (exact) mass is 672 g/mol. The Balaban J connectivity index is 1.13. The Morgan fingerprint density at radius 1 is 0.529 bits per heavy atom. The molecule has 2 nitrogen and oxygen atoms in total. The normalized spacial score (nSPS) is 12.1. The average Bonchev–Trinajstić information content (AvgIpc) is 3.61. The summed E-state index contributed by atoms with van der Waals surface area (Å²) in [5, 5.41) is 8.39. The highest BCUT2D eigenvalue weighted by atomic mass is 32.1. The Kier molecular flexibility index (Phi) is 7.60. The molecule has 0 radical (unpaired) electrons. The molecule has 0 amide bonds. The van der Waals surface area contributed by atoms with E-state index >= 15 is 0 Å². The van der Waals surface area contributed by atoms with Crippen LogP contribution in [0.1, 0.15) is 31.9 Å². The molecule has 0 N–H and O–H groups in total. The zero-order valence-electron chi connectivity index (χ0n) is 28.9. The van der Waals surface area contributed by atoms with Gasteiger partial charge in [-0.3, -0.25) is 4.99 Å². The van der Waals surface area contributed by atoms with Crippen molar-refractivity contribution in [3.63, 3.8) is 0 Å². The maximum absolute atomic E-state index is 5.35. The van der Waals surface area contributed by atoms with Crippen molar-refractivity contribution < 1.29 is 0 Å². The number of benzene rings is 8. The predicted molar refractivity (Wildman–Crippen MR) is 221 cm³/mol. The van der Waals surface area contributed by atoms with Crippen LogP contribution in [0.15, 0.2) is 163 Å². The molecule has 0 aliphatic carbocycles. The van der Waals surface area contributed by atoms with Gasteiger partial charge < -0.3 is 0 Å². The summed E-state index contributed by atoms with van der Waals surface area (Å²) < 4.78 is 1.19. The van der Waals surface area contributed by atoms with Gasteiger partial charge in [-0.2, -0.15) is 0 Å². The first kappa shape index (κ1) is 31.1. The van der Waals surface area contributed by atoms with Gasteiger partial charge in [0.25, 0.3) is 0 Å². The van der Waals surface area contributed by atoms with Crippen LogP contribution in [0.5, 0.6) is 0 Å². The Hall–Kier alpha value is -5.90. The molecule has 0 saturated heterocycles. The van der Waals surface area contributed by atoms with E-state index in [0.717, 1.165) is 32.9 Å². The fraction of sp³-hybridized carbons (Fsp3) is 0.0833. The van der Waals surface area contributed by atoms with Gasteiger partial charge in [0.1, 0.15) is 5.01 Å². The average molecular weight is 673 g/mol. The van der Waals surface area contributed by atoms with Gasteiger partial charge in [0.2, 0.25) is 0 Å². The van der Waals surface area contributed by atoms with Crippen LogP contribution in [-0.4, -0.2) is 11.2 Å². The Morgan fingerprint density at radius 2 is 1.18 bits per heavy atom. The first-order valence-electron chi connectivity index (χ1n) is 17.5. The van der Waals surface area contributed by atoms with Crippen LogP contribution < -0.4 is 0 Å². The summed E-state index contributed by atoms with van der Waals surface area (Å²) in [5.74, 6) is 0. The summed E-state index contributed by atoms with van der Waals surface area (Å²) in [5.41, 5.74) is 10.1. The van der Waals surface area contributed by atoms with Crippen molar-refractivity contribution in [3.8, 4) is 32.8 Å². The van der Waals surface area contributed by atoms with Gasteiger partial charge in [-0.25, -0.2) is 4.98 Å². The summed E-state index contributed by atoms with van der Waals surface area (Å²) in [7, 11) is 0. The number of aromatic nitrogens is 1. The van der Waals surface area contributed by atoms with Crippen LogP contribution in [0.2, 0.25) is 0 Å². The summed E-state index contributed by atoms with van der Waals surface area (Å²) in [4.78, 5) is 10.5. The maximum atomic E-state index is 5.35. The molecule has 1 heterocycles. The lowest BCUT2D eigenvalue weighted by molar-refractivity contribution is 0.591. The van der Waals surface area contributed by atoms with Crippen LogP contribution in [0.4, 0.5) is 5.69 Å². The number of thiazole rings is 1. The third kappa shape index (κ3) is 5.80. The molecule has 0 bridgehead atoms. The third-order valence-electron chi connectivity index (χ3n) is 9.92. The van der Waals surface area contributed by atoms with Crippen LogP contribution in [0.25, 0.3) is 75.4 Å². The van der Waals surface area contributed by atoms with Crippen molar-refractivity contribution in [2.75, 3.05) is 0 Å². The van der Waals surface area contributed by atoms with E-state index in [1.165, 1.54) is 59.3 Å². The Labute approximate surface area is 302 Å². The van der Waals surface area contributed by atoms with Gasteiger partial charge in [-0.1, -0.05) is 142 Å². The van der Waals surface area contributed by atoms with Crippen LogP contribution in [0, 0.1) is 0 Å². The van der Waals surface area contributed by atoms with Gasteiger partial charge in [-0.15, -0.1) is 11.3 Å². The molecule has 8 aromatic carbocycles. The minimum atomic E-state index is -0.0110. The smallest absolute Gasteiger partial charge is 0.126 e.